The quantitative estimate of drug-likeness (QED) is 0.784. The van der Waals surface area contributed by atoms with Gasteiger partial charge in [0.25, 0.3) is 0 Å². The molecule has 0 saturated carbocycles. The highest BCUT2D eigenvalue weighted by Gasteiger charge is 2.14. The molecular weight excluding hydrogens is 262 g/mol. The van der Waals surface area contributed by atoms with Crippen LogP contribution >= 0.6 is 0 Å². The maximum Gasteiger partial charge on any atom is 0.240 e. The Morgan fingerprint density at radius 1 is 1.00 bits per heavy atom. The number of nitrogens with one attached hydrogen (secondary N) is 1. The zero-order valence-electron chi connectivity index (χ0n) is 11.0. The van der Waals surface area contributed by atoms with E-state index in [-0.39, 0.29) is 16.6 Å². The predicted molar refractivity (Wildman–Crippen MR) is 78.4 cm³/mol. The second-order valence-electron chi connectivity index (χ2n) is 4.34. The van der Waals surface area contributed by atoms with Crippen LogP contribution in [0.25, 0.3) is 0 Å². The molecule has 0 atom stereocenters. The summed E-state index contributed by atoms with van der Waals surface area (Å²) in [6, 6.07) is 11.0. The largest absolute Gasteiger partial charge is 0.397 e. The van der Waals surface area contributed by atoms with E-state index in [0.29, 0.717) is 5.69 Å². The van der Waals surface area contributed by atoms with Crippen LogP contribution in [0.4, 0.5) is 11.4 Å². The highest BCUT2D eigenvalue weighted by atomic mass is 32.2. The van der Waals surface area contributed by atoms with Crippen molar-refractivity contribution in [2.24, 2.45) is 0 Å². The van der Waals surface area contributed by atoms with Crippen molar-refractivity contribution >= 4 is 21.4 Å². The summed E-state index contributed by atoms with van der Waals surface area (Å²) in [5.74, 6) is 0. The second kappa shape index (κ2) is 6.40. The van der Waals surface area contributed by atoms with E-state index < -0.39 is 10.0 Å². The van der Waals surface area contributed by atoms with E-state index in [1.165, 1.54) is 12.1 Å². The number of nitrogens with two attached hydrogens (primary N) is 2. The first-order valence-corrected chi connectivity index (χ1v) is 7.32. The minimum atomic E-state index is -3.61. The van der Waals surface area contributed by atoms with Crippen LogP contribution in [0.15, 0.2) is 47.4 Å². The molecule has 0 heterocycles. The van der Waals surface area contributed by atoms with Gasteiger partial charge in [-0.2, -0.15) is 0 Å². The van der Waals surface area contributed by atoms with Crippen molar-refractivity contribution in [2.75, 3.05) is 11.5 Å². The zero-order chi connectivity index (χ0) is 14.5. The lowest BCUT2D eigenvalue weighted by atomic mass is 10.3. The van der Waals surface area contributed by atoms with Crippen molar-refractivity contribution in [3.63, 3.8) is 0 Å². The summed E-state index contributed by atoms with van der Waals surface area (Å²) in [6.07, 6.45) is 0. The summed E-state index contributed by atoms with van der Waals surface area (Å²) in [4.78, 5) is 0.0709. The Balaban J connectivity index is 3.48. The lowest BCUT2D eigenvalue weighted by molar-refractivity contribution is 0.570. The fourth-order valence-corrected chi connectivity index (χ4v) is 2.66. The van der Waals surface area contributed by atoms with E-state index in [0.717, 1.165) is 0 Å². The molecule has 0 saturated heterocycles. The van der Waals surface area contributed by atoms with Crippen LogP contribution < -0.4 is 16.2 Å². The molecule has 1 aromatic carbocycles. The van der Waals surface area contributed by atoms with Gasteiger partial charge in [-0.15, -0.1) is 0 Å². The van der Waals surface area contributed by atoms with Crippen LogP contribution in [0.2, 0.25) is 0 Å². The molecule has 0 radical (unpaired) electrons. The van der Waals surface area contributed by atoms with Gasteiger partial charge in [0.1, 0.15) is 0 Å². The number of sulfonamides is 1. The topological polar surface area (TPSA) is 98.2 Å². The maximum atomic E-state index is 12.1. The normalized spacial score (nSPS) is 11.1. The Bertz CT molecular complexity index is 597. The fourth-order valence-electron chi connectivity index (χ4n) is 1.36. The first kappa shape index (κ1) is 15.3. The molecule has 0 aromatic heterocycles. The molecule has 0 aliphatic rings. The van der Waals surface area contributed by atoms with Gasteiger partial charge in [0.2, 0.25) is 10.0 Å². The fraction of sp³-hybridized carbons (Fsp3) is 0.231. The number of hydrogen-bond acceptors (Lipinski definition) is 4. The monoisotopic (exact) mass is 281 g/mol. The van der Waals surface area contributed by atoms with Gasteiger partial charge in [-0.3, -0.25) is 0 Å². The first-order chi connectivity index (χ1) is 8.83. The molecule has 0 fully saturated rings. The molecule has 0 aliphatic heterocycles. The van der Waals surface area contributed by atoms with E-state index >= 15 is 0 Å². The average molecular weight is 281 g/mol. The van der Waals surface area contributed by atoms with Crippen LogP contribution in [0, 0.1) is 0 Å². The van der Waals surface area contributed by atoms with Crippen LogP contribution in [0.3, 0.4) is 0 Å². The third-order valence-electron chi connectivity index (χ3n) is 2.20. The molecule has 1 rings (SSSR count). The third-order valence-corrected chi connectivity index (χ3v) is 3.86. The summed E-state index contributed by atoms with van der Waals surface area (Å²) in [7, 11) is -3.61. The van der Waals surface area contributed by atoms with Crippen molar-refractivity contribution in [3.05, 3.63) is 42.5 Å². The smallest absolute Gasteiger partial charge is 0.240 e. The Hall–Kier alpha value is -1.79. The summed E-state index contributed by atoms with van der Waals surface area (Å²) in [5, 5.41) is 0. The van der Waals surface area contributed by atoms with Crippen molar-refractivity contribution in [3.8, 4) is 0 Å². The zero-order valence-corrected chi connectivity index (χ0v) is 11.8. The van der Waals surface area contributed by atoms with Crippen LogP contribution in [0.5, 0.6) is 0 Å². The Kier molecular flexibility index (Phi) is 5.14. The van der Waals surface area contributed by atoms with Gasteiger partial charge in [-0.1, -0.05) is 24.3 Å². The van der Waals surface area contributed by atoms with Gasteiger partial charge in [-0.05, 0) is 32.0 Å². The Morgan fingerprint density at radius 2 is 1.58 bits per heavy atom. The molecule has 0 amide bonds. The number of nitrogen functional groups attached to an aromatic ring is 2. The summed E-state index contributed by atoms with van der Waals surface area (Å²) >= 11 is 0. The molecule has 0 spiro atoms. The molecule has 5 nitrogen and oxygen atoms in total. The van der Waals surface area contributed by atoms with E-state index in [2.05, 4.69) is 4.72 Å². The standard InChI is InChI=1S/C13H19N3O2S/c1-10(2)16-19(17,18)11-7-5-3-4-6-8-12(14)13(15)9-11/h3-10,16H,14-15H2,1-2H3. The predicted octanol–water partition coefficient (Wildman–Crippen LogP) is 1.66. The summed E-state index contributed by atoms with van der Waals surface area (Å²) in [5.41, 5.74) is 12.0. The third kappa shape index (κ3) is 4.76. The molecule has 0 unspecified atom stereocenters. The molecule has 1 aromatic rings. The van der Waals surface area contributed by atoms with Crippen LogP contribution in [-0.4, -0.2) is 14.5 Å². The molecule has 6 heteroatoms. The summed E-state index contributed by atoms with van der Waals surface area (Å²) < 4.78 is 26.7. The van der Waals surface area contributed by atoms with E-state index in [1.54, 1.807) is 44.2 Å². The highest BCUT2D eigenvalue weighted by Crippen LogP contribution is 2.15. The van der Waals surface area contributed by atoms with Crippen molar-refractivity contribution < 1.29 is 8.42 Å². The first-order valence-electron chi connectivity index (χ1n) is 5.83. The minimum Gasteiger partial charge on any atom is -0.397 e. The Morgan fingerprint density at radius 3 is 2.16 bits per heavy atom. The number of rotatable bonds is 3. The van der Waals surface area contributed by atoms with Gasteiger partial charge in [-0.25, -0.2) is 13.1 Å². The SMILES string of the molecule is CC(C)NS(=O)(=O)c1ccccccc(N)c(N)c1. The lowest BCUT2D eigenvalue weighted by Crippen LogP contribution is -2.30. The van der Waals surface area contributed by atoms with Gasteiger partial charge in [0.15, 0.2) is 0 Å². The average Bonchev–Trinajstić information content (AvgIpc) is 2.29. The Labute approximate surface area is 114 Å². The van der Waals surface area contributed by atoms with Gasteiger partial charge >= 0.3 is 0 Å². The van der Waals surface area contributed by atoms with E-state index in [4.69, 9.17) is 11.5 Å². The van der Waals surface area contributed by atoms with Gasteiger partial charge in [0, 0.05) is 6.04 Å². The molecule has 0 aliphatic carbocycles. The highest BCUT2D eigenvalue weighted by molar-refractivity contribution is 7.89. The number of hydrogen-bond donors (Lipinski definition) is 3. The van der Waals surface area contributed by atoms with Gasteiger partial charge < -0.3 is 11.5 Å². The molecular formula is C13H19N3O2S. The number of anilines is 2. The van der Waals surface area contributed by atoms with Crippen molar-refractivity contribution in [1.29, 1.82) is 0 Å². The van der Waals surface area contributed by atoms with E-state index in [1.807, 2.05) is 0 Å². The van der Waals surface area contributed by atoms with Crippen LogP contribution in [0.1, 0.15) is 13.8 Å². The van der Waals surface area contributed by atoms with Crippen molar-refractivity contribution in [2.45, 2.75) is 24.8 Å². The summed E-state index contributed by atoms with van der Waals surface area (Å²) in [6.45, 7) is 3.50. The van der Waals surface area contributed by atoms with E-state index in [9.17, 15) is 8.42 Å². The lowest BCUT2D eigenvalue weighted by Gasteiger charge is -2.09. The molecule has 5 N–H and O–H groups in total. The van der Waals surface area contributed by atoms with Gasteiger partial charge in [0.05, 0.1) is 16.3 Å². The molecule has 104 valence electrons. The maximum absolute atomic E-state index is 12.1. The van der Waals surface area contributed by atoms with Crippen molar-refractivity contribution in [1.82, 2.24) is 4.72 Å². The minimum absolute atomic E-state index is 0.0709. The van der Waals surface area contributed by atoms with Crippen LogP contribution in [-0.2, 0) is 10.0 Å². The molecule has 0 bridgehead atoms. The second-order valence-corrected chi connectivity index (χ2v) is 6.05. The molecule has 19 heavy (non-hydrogen) atoms.